The lowest BCUT2D eigenvalue weighted by Gasteiger charge is -2.27. The fraction of sp³-hybridized carbons (Fsp3) is 0.350. The molecule has 0 bridgehead atoms. The Kier molecular flexibility index (Phi) is 5.23. The van der Waals surface area contributed by atoms with Crippen molar-refractivity contribution in [2.24, 2.45) is 5.73 Å². The second-order valence-electron chi connectivity index (χ2n) is 7.32. The van der Waals surface area contributed by atoms with Gasteiger partial charge >= 0.3 is 0 Å². The Balaban J connectivity index is 1.68. The Bertz CT molecular complexity index is 923. The van der Waals surface area contributed by atoms with E-state index in [1.165, 1.54) is 5.56 Å². The van der Waals surface area contributed by atoms with Gasteiger partial charge in [0.05, 0.1) is 27.3 Å². The minimum absolute atomic E-state index is 0.00653. The summed E-state index contributed by atoms with van der Waals surface area (Å²) in [4.78, 5) is 7.05. The van der Waals surface area contributed by atoms with Crippen LogP contribution in [0.1, 0.15) is 12.0 Å². The summed E-state index contributed by atoms with van der Waals surface area (Å²) in [7, 11) is 12.0. The van der Waals surface area contributed by atoms with Gasteiger partial charge in [0.15, 0.2) is 5.82 Å². The topological polar surface area (TPSA) is 59.1 Å². The van der Waals surface area contributed by atoms with Crippen LogP contribution in [0, 0.1) is 0 Å². The Labute approximate surface area is 173 Å². The predicted octanol–water partition coefficient (Wildman–Crippen LogP) is 2.86. The van der Waals surface area contributed by atoms with Crippen LogP contribution >= 0.6 is 11.8 Å². The Morgan fingerprint density at radius 3 is 3.00 bits per heavy atom. The summed E-state index contributed by atoms with van der Waals surface area (Å²) in [6.45, 7) is 9.39. The number of thioether (sulfide) groups is 1. The number of nitrogens with two attached hydrogens (primary N) is 1. The highest BCUT2D eigenvalue weighted by atomic mass is 32.2. The first-order valence-corrected chi connectivity index (χ1v) is 10.4. The molecule has 1 saturated heterocycles. The molecule has 140 valence electrons. The third-order valence-electron chi connectivity index (χ3n) is 5.19. The van der Waals surface area contributed by atoms with Crippen molar-refractivity contribution in [2.45, 2.75) is 31.1 Å². The lowest BCUT2D eigenvalue weighted by atomic mass is 9.66. The molecule has 1 atom stereocenters. The molecular weight excluding hydrogens is 364 g/mol. The van der Waals surface area contributed by atoms with E-state index in [2.05, 4.69) is 52.3 Å². The van der Waals surface area contributed by atoms with E-state index in [4.69, 9.17) is 26.4 Å². The quantitative estimate of drug-likeness (QED) is 0.773. The second kappa shape index (κ2) is 7.66. The van der Waals surface area contributed by atoms with Crippen LogP contribution < -0.4 is 16.0 Å². The number of benzene rings is 1. The molecule has 1 fully saturated rings. The number of nitrogens with zero attached hydrogens (tertiary/aromatic N) is 3. The monoisotopic (exact) mass is 387 g/mol. The van der Waals surface area contributed by atoms with Crippen molar-refractivity contribution in [3.8, 4) is 11.4 Å². The molecule has 0 saturated carbocycles. The summed E-state index contributed by atoms with van der Waals surface area (Å²) in [5.41, 5.74) is 9.34. The molecule has 5 nitrogen and oxygen atoms in total. The van der Waals surface area contributed by atoms with E-state index >= 15 is 0 Å². The third kappa shape index (κ3) is 3.57. The summed E-state index contributed by atoms with van der Waals surface area (Å²) >= 11 is 1.68. The smallest absolute Gasteiger partial charge is 0.152 e. The Morgan fingerprint density at radius 1 is 1.43 bits per heavy atom. The van der Waals surface area contributed by atoms with Crippen LogP contribution in [-0.2, 0) is 13.0 Å². The van der Waals surface area contributed by atoms with Gasteiger partial charge in [-0.3, -0.25) is 0 Å². The molecule has 8 heteroatoms. The summed E-state index contributed by atoms with van der Waals surface area (Å²) in [6.07, 6.45) is 4.16. The maximum Gasteiger partial charge on any atom is 0.152 e. The maximum atomic E-state index is 6.00. The van der Waals surface area contributed by atoms with Crippen LogP contribution in [0.2, 0.25) is 5.72 Å². The van der Waals surface area contributed by atoms with Crippen molar-refractivity contribution < 1.29 is 0 Å². The largest absolute Gasteiger partial charge is 0.401 e. The van der Waals surface area contributed by atoms with Crippen LogP contribution in [-0.4, -0.2) is 43.6 Å². The molecule has 1 unspecified atom stereocenters. The summed E-state index contributed by atoms with van der Waals surface area (Å²) in [5, 5.41) is 4.26. The van der Waals surface area contributed by atoms with Gasteiger partial charge in [0, 0.05) is 41.5 Å². The first-order chi connectivity index (χ1) is 13.4. The molecule has 3 N–H and O–H groups in total. The normalized spacial score (nSPS) is 18.7. The minimum atomic E-state index is -0.438. The molecule has 3 heterocycles. The van der Waals surface area contributed by atoms with E-state index in [0.717, 1.165) is 53.1 Å². The summed E-state index contributed by atoms with van der Waals surface area (Å²) in [6, 6.07) is 6.39. The SMILES string of the molecule is [B]C([B])C1CSC(=C)N1c1cn2c(n1)-c1ccc(NCC(=C)N)cc1CCC2. The third-order valence-corrected chi connectivity index (χ3v) is 6.22. The number of imidazole rings is 1. The van der Waals surface area contributed by atoms with Crippen LogP contribution in [0.15, 0.2) is 48.3 Å². The number of rotatable bonds is 5. The number of fused-ring (bicyclic) bond motifs is 3. The minimum Gasteiger partial charge on any atom is -0.401 e. The average molecular weight is 387 g/mol. The van der Waals surface area contributed by atoms with Crippen molar-refractivity contribution in [1.29, 1.82) is 0 Å². The second-order valence-corrected chi connectivity index (χ2v) is 8.42. The maximum absolute atomic E-state index is 6.00. The van der Waals surface area contributed by atoms with Gasteiger partial charge < -0.3 is 20.5 Å². The van der Waals surface area contributed by atoms with Crippen molar-refractivity contribution in [3.05, 3.63) is 53.8 Å². The molecule has 4 radical (unpaired) electrons. The number of hydrogen-bond donors (Lipinski definition) is 2. The number of anilines is 2. The van der Waals surface area contributed by atoms with E-state index in [9.17, 15) is 0 Å². The lowest BCUT2D eigenvalue weighted by molar-refractivity contribution is 0.661. The number of nitrogens with one attached hydrogen (secondary N) is 1. The zero-order valence-electron chi connectivity index (χ0n) is 15.9. The van der Waals surface area contributed by atoms with Crippen molar-refractivity contribution in [2.75, 3.05) is 22.5 Å². The molecule has 4 rings (SSSR count). The highest BCUT2D eigenvalue weighted by Gasteiger charge is 2.33. The van der Waals surface area contributed by atoms with Gasteiger partial charge in [-0.15, -0.1) is 11.8 Å². The van der Waals surface area contributed by atoms with E-state index in [0.29, 0.717) is 12.2 Å². The van der Waals surface area contributed by atoms with Gasteiger partial charge in [0.1, 0.15) is 5.82 Å². The summed E-state index contributed by atoms with van der Waals surface area (Å²) in [5.74, 6) is 2.67. The van der Waals surface area contributed by atoms with Gasteiger partial charge in [-0.2, -0.15) is 0 Å². The Hall–Kier alpha value is -2.21. The van der Waals surface area contributed by atoms with Gasteiger partial charge in [-0.05, 0) is 36.6 Å². The highest BCUT2D eigenvalue weighted by Crippen LogP contribution is 2.40. The molecule has 1 aromatic carbocycles. The number of aromatic nitrogens is 2. The summed E-state index contributed by atoms with van der Waals surface area (Å²) < 4.78 is 2.23. The first kappa shape index (κ1) is 19.1. The van der Waals surface area contributed by atoms with Crippen LogP contribution in [0.3, 0.4) is 0 Å². The molecule has 0 aliphatic carbocycles. The molecule has 1 aromatic heterocycles. The van der Waals surface area contributed by atoms with Crippen molar-refractivity contribution >= 4 is 39.0 Å². The highest BCUT2D eigenvalue weighted by molar-refractivity contribution is 8.03. The van der Waals surface area contributed by atoms with E-state index in [1.54, 1.807) is 11.8 Å². The van der Waals surface area contributed by atoms with Crippen molar-refractivity contribution in [1.82, 2.24) is 9.55 Å². The Morgan fingerprint density at radius 2 is 2.25 bits per heavy atom. The van der Waals surface area contributed by atoms with Crippen molar-refractivity contribution in [3.63, 3.8) is 0 Å². The van der Waals surface area contributed by atoms with Gasteiger partial charge in [0.2, 0.25) is 0 Å². The molecule has 0 spiro atoms. The number of hydrogen-bond acceptors (Lipinski definition) is 5. The van der Waals surface area contributed by atoms with Gasteiger partial charge in [0.25, 0.3) is 0 Å². The van der Waals surface area contributed by atoms with Crippen LogP contribution in [0.4, 0.5) is 11.5 Å². The van der Waals surface area contributed by atoms with Crippen LogP contribution in [0.25, 0.3) is 11.4 Å². The fourth-order valence-corrected chi connectivity index (χ4v) is 4.88. The average Bonchev–Trinajstić information content (AvgIpc) is 3.19. The predicted molar refractivity (Wildman–Crippen MR) is 121 cm³/mol. The molecule has 0 amide bonds. The molecule has 2 aromatic rings. The van der Waals surface area contributed by atoms with Gasteiger partial charge in [-0.1, -0.05) is 18.9 Å². The lowest BCUT2D eigenvalue weighted by Crippen LogP contribution is -2.34. The first-order valence-electron chi connectivity index (χ1n) is 9.43. The molecule has 2 aliphatic heterocycles. The molecule has 2 aliphatic rings. The number of aryl methyl sites for hydroxylation is 2. The van der Waals surface area contributed by atoms with E-state index in [1.807, 2.05) is 0 Å². The van der Waals surface area contributed by atoms with Crippen LogP contribution in [0.5, 0.6) is 0 Å². The molecular formula is C20H23B2N5S. The zero-order chi connectivity index (χ0) is 19.8. The zero-order valence-corrected chi connectivity index (χ0v) is 16.7. The fourth-order valence-electron chi connectivity index (χ4n) is 3.78. The standard InChI is InChI=1S/C20H23B2N5S/c1-12(23)9-24-15-5-6-16-14(8-15)4-3-7-26-10-18(25-20(16)26)27-13(2)28-11-17(27)19(21)22/h5-6,8,10,17,19,24H,1-4,7,9,11,23H2. The molecule has 28 heavy (non-hydrogen) atoms. The van der Waals surface area contributed by atoms with E-state index < -0.39 is 5.72 Å². The van der Waals surface area contributed by atoms with Gasteiger partial charge in [-0.25, -0.2) is 4.98 Å². The van der Waals surface area contributed by atoms with E-state index in [-0.39, 0.29) is 6.04 Å².